The Balaban J connectivity index is 1.08. The van der Waals surface area contributed by atoms with E-state index in [4.69, 9.17) is 15.2 Å². The van der Waals surface area contributed by atoms with Crippen LogP contribution in [0.5, 0.6) is 0 Å². The van der Waals surface area contributed by atoms with Gasteiger partial charge in [0.1, 0.15) is 5.01 Å². The third kappa shape index (κ3) is 10.6. The summed E-state index contributed by atoms with van der Waals surface area (Å²) in [6.07, 6.45) is 3.91. The minimum Gasteiger partial charge on any atom is -0.397 e. The number of nitrogens with two attached hydrogens (primary N) is 1. The lowest BCUT2D eigenvalue weighted by atomic mass is 10.0. The molecule has 3 aromatic carbocycles. The highest BCUT2D eigenvalue weighted by atomic mass is 32.2. The van der Waals surface area contributed by atoms with E-state index in [1.54, 1.807) is 35.2 Å². The zero-order chi connectivity index (χ0) is 33.0. The fourth-order valence-electron chi connectivity index (χ4n) is 5.22. The van der Waals surface area contributed by atoms with E-state index >= 15 is 0 Å². The van der Waals surface area contributed by atoms with Gasteiger partial charge in [-0.05, 0) is 55.2 Å². The topological polar surface area (TPSA) is 149 Å². The van der Waals surface area contributed by atoms with Gasteiger partial charge in [0.15, 0.2) is 10.6 Å². The molecule has 5 N–H and O–H groups in total. The highest BCUT2D eigenvalue weighted by Gasteiger charge is 2.32. The molecule has 47 heavy (non-hydrogen) atoms. The Morgan fingerprint density at radius 3 is 2.23 bits per heavy atom. The minimum absolute atomic E-state index is 0.00678. The van der Waals surface area contributed by atoms with Gasteiger partial charge in [0.05, 0.1) is 30.2 Å². The number of hydrogen-bond donors (Lipinski definition) is 4. The maximum absolute atomic E-state index is 12.6. The summed E-state index contributed by atoms with van der Waals surface area (Å²) < 4.78 is 13.8. The molecular formula is C35H41N5O5S2. The lowest BCUT2D eigenvalue weighted by molar-refractivity contribution is -0.245. The van der Waals surface area contributed by atoms with Gasteiger partial charge in [-0.25, -0.2) is 0 Å². The number of aliphatic hydroxyl groups excluding tert-OH is 1. The summed E-state index contributed by atoms with van der Waals surface area (Å²) in [5.41, 5.74) is 10.5. The van der Waals surface area contributed by atoms with E-state index in [1.807, 2.05) is 67.6 Å². The van der Waals surface area contributed by atoms with Gasteiger partial charge < -0.3 is 30.9 Å². The van der Waals surface area contributed by atoms with Crippen LogP contribution in [0, 0.1) is 6.92 Å². The van der Waals surface area contributed by atoms with Gasteiger partial charge >= 0.3 is 0 Å². The second-order valence-electron chi connectivity index (χ2n) is 11.5. The van der Waals surface area contributed by atoms with Crippen LogP contribution in [0.3, 0.4) is 0 Å². The van der Waals surface area contributed by atoms with Crippen molar-refractivity contribution in [2.45, 2.75) is 81.3 Å². The van der Waals surface area contributed by atoms with E-state index in [2.05, 4.69) is 20.8 Å². The number of nitrogens with zero attached hydrogens (tertiary/aromatic N) is 2. The fourth-order valence-corrected chi connectivity index (χ4v) is 7.08. The summed E-state index contributed by atoms with van der Waals surface area (Å²) in [6, 6.07) is 22.6. The average molecular weight is 676 g/mol. The van der Waals surface area contributed by atoms with Crippen molar-refractivity contribution in [1.82, 2.24) is 10.2 Å². The molecule has 0 spiro atoms. The number of aliphatic hydroxyl groups is 1. The molecule has 1 fully saturated rings. The number of aryl methyl sites for hydroxylation is 1. The summed E-state index contributed by atoms with van der Waals surface area (Å²) in [5, 5.41) is 24.5. The van der Waals surface area contributed by atoms with Gasteiger partial charge in [-0.2, -0.15) is 0 Å². The van der Waals surface area contributed by atoms with E-state index in [0.717, 1.165) is 51.7 Å². The molecule has 0 saturated carbocycles. The van der Waals surface area contributed by atoms with Gasteiger partial charge in [-0.15, -0.1) is 10.2 Å². The molecule has 1 aliphatic rings. The molecule has 1 aromatic heterocycles. The molecule has 3 atom stereocenters. The van der Waals surface area contributed by atoms with Crippen molar-refractivity contribution in [1.29, 1.82) is 0 Å². The first-order valence-corrected chi connectivity index (χ1v) is 17.6. The molecule has 248 valence electrons. The van der Waals surface area contributed by atoms with Crippen LogP contribution in [0.1, 0.15) is 79.0 Å². The van der Waals surface area contributed by atoms with Crippen molar-refractivity contribution in [3.8, 4) is 0 Å². The maximum Gasteiger partial charge on any atom is 0.224 e. The van der Waals surface area contributed by atoms with Crippen LogP contribution in [-0.2, 0) is 25.7 Å². The molecule has 12 heteroatoms. The SMILES string of the molecule is Cc1nnc(SCC2CC(c3ccc(CO)cc3)OC(c3ccc(NC(=O)CCCCCCC(=O)Nc4ccccc4N)cc3)O2)s1. The number of hydrogen-bond acceptors (Lipinski definition) is 10. The Morgan fingerprint density at radius 2 is 1.57 bits per heavy atom. The van der Waals surface area contributed by atoms with Crippen LogP contribution in [0.25, 0.3) is 0 Å². The Labute approximate surface area is 283 Å². The third-order valence-corrected chi connectivity index (χ3v) is 9.88. The lowest BCUT2D eigenvalue weighted by Crippen LogP contribution is -2.31. The van der Waals surface area contributed by atoms with Gasteiger partial charge in [0, 0.05) is 36.3 Å². The van der Waals surface area contributed by atoms with Crippen LogP contribution < -0.4 is 16.4 Å². The average Bonchev–Trinajstić information content (AvgIpc) is 3.51. The smallest absolute Gasteiger partial charge is 0.224 e. The van der Waals surface area contributed by atoms with E-state index in [-0.39, 0.29) is 30.6 Å². The number of ether oxygens (including phenoxy) is 2. The van der Waals surface area contributed by atoms with Crippen molar-refractivity contribution in [3.63, 3.8) is 0 Å². The Morgan fingerprint density at radius 1 is 0.894 bits per heavy atom. The number of thioether (sulfide) groups is 1. The predicted octanol–water partition coefficient (Wildman–Crippen LogP) is 7.18. The van der Waals surface area contributed by atoms with Gasteiger partial charge in [-0.3, -0.25) is 9.59 Å². The number of para-hydroxylation sites is 2. The number of nitrogens with one attached hydrogen (secondary N) is 2. The molecule has 0 radical (unpaired) electrons. The van der Waals surface area contributed by atoms with Crippen LogP contribution >= 0.6 is 23.1 Å². The summed E-state index contributed by atoms with van der Waals surface area (Å²) in [5.74, 6) is 0.609. The van der Waals surface area contributed by atoms with Crippen LogP contribution in [0.2, 0.25) is 0 Å². The number of aromatic nitrogens is 2. The second kappa shape index (κ2) is 17.4. The summed E-state index contributed by atoms with van der Waals surface area (Å²) in [6.45, 7) is 1.93. The van der Waals surface area contributed by atoms with Crippen molar-refractivity contribution < 1.29 is 24.2 Å². The largest absolute Gasteiger partial charge is 0.397 e. The van der Waals surface area contributed by atoms with E-state index in [1.165, 1.54) is 0 Å². The first kappa shape index (κ1) is 34.5. The Bertz CT molecular complexity index is 1600. The Kier molecular flexibility index (Phi) is 12.8. The van der Waals surface area contributed by atoms with Gasteiger partial charge in [0.2, 0.25) is 11.8 Å². The molecule has 0 aliphatic carbocycles. The quantitative estimate of drug-likeness (QED) is 0.0584. The molecule has 4 aromatic rings. The number of anilines is 3. The maximum atomic E-state index is 12.6. The van der Waals surface area contributed by atoms with Crippen molar-refractivity contribution >= 4 is 52.0 Å². The highest BCUT2D eigenvalue weighted by molar-refractivity contribution is 8.01. The van der Waals surface area contributed by atoms with Gasteiger partial charge in [-0.1, -0.05) is 84.5 Å². The highest BCUT2D eigenvalue weighted by Crippen LogP contribution is 2.40. The summed E-state index contributed by atoms with van der Waals surface area (Å²) in [7, 11) is 0. The molecule has 3 unspecified atom stereocenters. The molecule has 10 nitrogen and oxygen atoms in total. The summed E-state index contributed by atoms with van der Waals surface area (Å²) >= 11 is 3.20. The van der Waals surface area contributed by atoms with Crippen LogP contribution in [0.15, 0.2) is 77.1 Å². The molecule has 1 aliphatic heterocycles. The molecule has 2 heterocycles. The molecule has 1 saturated heterocycles. The van der Waals surface area contributed by atoms with Crippen LogP contribution in [0.4, 0.5) is 17.1 Å². The second-order valence-corrected chi connectivity index (χ2v) is 13.9. The number of carbonyl (C=O) groups is 2. The normalized spacial score (nSPS) is 17.7. The molecule has 0 bridgehead atoms. The number of unbranched alkanes of at least 4 members (excludes halogenated alkanes) is 3. The van der Waals surface area contributed by atoms with Crippen molar-refractivity contribution in [2.24, 2.45) is 0 Å². The van der Waals surface area contributed by atoms with E-state index in [9.17, 15) is 14.7 Å². The van der Waals surface area contributed by atoms with Crippen molar-refractivity contribution in [2.75, 3.05) is 22.1 Å². The number of amides is 2. The van der Waals surface area contributed by atoms with Crippen LogP contribution in [-0.4, -0.2) is 39.0 Å². The number of carbonyl (C=O) groups excluding carboxylic acids is 2. The number of benzene rings is 3. The summed E-state index contributed by atoms with van der Waals surface area (Å²) in [4.78, 5) is 24.8. The fraction of sp³-hybridized carbons (Fsp3) is 0.371. The first-order valence-electron chi connectivity index (χ1n) is 15.8. The first-order chi connectivity index (χ1) is 22.9. The molecule has 5 rings (SSSR count). The third-order valence-electron chi connectivity index (χ3n) is 7.77. The number of nitrogen functional groups attached to an aromatic ring is 1. The minimum atomic E-state index is -0.579. The molecule has 2 amide bonds. The monoisotopic (exact) mass is 675 g/mol. The predicted molar refractivity (Wildman–Crippen MR) is 186 cm³/mol. The van der Waals surface area contributed by atoms with Crippen molar-refractivity contribution in [3.05, 3.63) is 94.5 Å². The Hall–Kier alpha value is -3.81. The zero-order valence-electron chi connectivity index (χ0n) is 26.4. The lowest BCUT2D eigenvalue weighted by Gasteiger charge is -2.36. The van der Waals surface area contributed by atoms with Gasteiger partial charge in [0.25, 0.3) is 0 Å². The molecular weight excluding hydrogens is 635 g/mol. The van der Waals surface area contributed by atoms with E-state index < -0.39 is 6.29 Å². The number of rotatable bonds is 15. The zero-order valence-corrected chi connectivity index (χ0v) is 28.0. The van der Waals surface area contributed by atoms with E-state index in [0.29, 0.717) is 42.1 Å². The standard InChI is InChI=1S/C35H41N5O5S2/c1-23-39-40-35(47-23)46-22-28-20-31(25-14-12-24(21-41)13-15-25)45-34(44-28)26-16-18-27(19-17-26)37-32(42)10-4-2-3-5-11-33(43)38-30-9-7-6-8-29(30)36/h6-9,12-19,28,31,34,41H,2-5,10-11,20-22,36H2,1H3,(H,37,42)(H,38,43).